The SMILES string of the molecule is O=S(=O)(Nc1ccc(-c2cnns2)cc1)c1ccc(F)cc1. The van der Waals surface area contributed by atoms with Gasteiger partial charge in [0.05, 0.1) is 16.0 Å². The number of nitrogens with zero attached hydrogens (tertiary/aromatic N) is 2. The molecule has 0 aliphatic carbocycles. The minimum absolute atomic E-state index is 0.00429. The van der Waals surface area contributed by atoms with Crippen LogP contribution in [0, 0.1) is 5.82 Å². The van der Waals surface area contributed by atoms with Gasteiger partial charge in [-0.2, -0.15) is 0 Å². The highest BCUT2D eigenvalue weighted by Crippen LogP contribution is 2.24. The van der Waals surface area contributed by atoms with Crippen LogP contribution in [0.1, 0.15) is 0 Å². The van der Waals surface area contributed by atoms with E-state index < -0.39 is 15.8 Å². The predicted molar refractivity (Wildman–Crippen MR) is 82.6 cm³/mol. The van der Waals surface area contributed by atoms with E-state index in [-0.39, 0.29) is 4.90 Å². The van der Waals surface area contributed by atoms with Crippen molar-refractivity contribution in [3.63, 3.8) is 0 Å². The lowest BCUT2D eigenvalue weighted by Crippen LogP contribution is -2.12. The predicted octanol–water partition coefficient (Wildman–Crippen LogP) is 3.15. The van der Waals surface area contributed by atoms with Gasteiger partial charge in [0, 0.05) is 5.69 Å². The molecule has 0 atom stereocenters. The fraction of sp³-hybridized carbons (Fsp3) is 0. The molecule has 0 aliphatic heterocycles. The standard InChI is InChI=1S/C14H10FN3O2S2/c15-11-3-7-13(8-4-11)22(19,20)17-12-5-1-10(2-6-12)14-9-16-18-21-14/h1-9,17H. The van der Waals surface area contributed by atoms with Crippen molar-refractivity contribution in [1.82, 2.24) is 9.59 Å². The van der Waals surface area contributed by atoms with E-state index in [0.717, 1.165) is 22.6 Å². The van der Waals surface area contributed by atoms with Crippen molar-refractivity contribution < 1.29 is 12.8 Å². The molecule has 0 spiro atoms. The third-order valence-corrected chi connectivity index (χ3v) is 5.02. The number of aromatic nitrogens is 2. The minimum atomic E-state index is -3.74. The Morgan fingerprint density at radius 2 is 1.68 bits per heavy atom. The number of nitrogens with one attached hydrogen (secondary N) is 1. The fourth-order valence-corrected chi connectivity index (χ4v) is 3.40. The van der Waals surface area contributed by atoms with Gasteiger partial charge in [-0.05, 0) is 53.5 Å². The molecule has 0 saturated heterocycles. The van der Waals surface area contributed by atoms with Crippen molar-refractivity contribution in [3.8, 4) is 10.4 Å². The largest absolute Gasteiger partial charge is 0.280 e. The zero-order chi connectivity index (χ0) is 15.6. The van der Waals surface area contributed by atoms with Crippen molar-refractivity contribution in [2.75, 3.05) is 4.72 Å². The first-order valence-corrected chi connectivity index (χ1v) is 8.46. The Morgan fingerprint density at radius 3 is 2.27 bits per heavy atom. The highest BCUT2D eigenvalue weighted by atomic mass is 32.2. The number of rotatable bonds is 4. The van der Waals surface area contributed by atoms with E-state index in [4.69, 9.17) is 0 Å². The zero-order valence-corrected chi connectivity index (χ0v) is 12.7. The summed E-state index contributed by atoms with van der Waals surface area (Å²) in [7, 11) is -3.74. The second kappa shape index (κ2) is 5.82. The highest BCUT2D eigenvalue weighted by molar-refractivity contribution is 7.92. The lowest BCUT2D eigenvalue weighted by Gasteiger charge is -2.08. The van der Waals surface area contributed by atoms with Gasteiger partial charge in [0.25, 0.3) is 10.0 Å². The molecule has 1 aromatic heterocycles. The molecule has 8 heteroatoms. The summed E-state index contributed by atoms with van der Waals surface area (Å²) in [4.78, 5) is 0.901. The maximum absolute atomic E-state index is 12.9. The van der Waals surface area contributed by atoms with Crippen LogP contribution in [0.5, 0.6) is 0 Å². The van der Waals surface area contributed by atoms with Crippen LogP contribution in [0.15, 0.2) is 59.6 Å². The lowest BCUT2D eigenvalue weighted by atomic mass is 10.2. The minimum Gasteiger partial charge on any atom is -0.280 e. The Hall–Kier alpha value is -2.32. The highest BCUT2D eigenvalue weighted by Gasteiger charge is 2.14. The Bertz CT molecular complexity index is 861. The summed E-state index contributed by atoms with van der Waals surface area (Å²) in [6.45, 7) is 0. The molecule has 3 rings (SSSR count). The number of benzene rings is 2. The van der Waals surface area contributed by atoms with Crippen molar-refractivity contribution >= 4 is 27.2 Å². The molecular weight excluding hydrogens is 325 g/mol. The van der Waals surface area contributed by atoms with E-state index >= 15 is 0 Å². The molecule has 0 fully saturated rings. The molecule has 0 unspecified atom stereocenters. The van der Waals surface area contributed by atoms with Crippen LogP contribution < -0.4 is 4.72 Å². The summed E-state index contributed by atoms with van der Waals surface area (Å²) < 4.78 is 43.4. The fourth-order valence-electron chi connectivity index (χ4n) is 1.82. The molecule has 0 amide bonds. The van der Waals surface area contributed by atoms with E-state index in [1.807, 2.05) is 0 Å². The molecule has 1 heterocycles. The quantitative estimate of drug-likeness (QED) is 0.795. The lowest BCUT2D eigenvalue weighted by molar-refractivity contribution is 0.599. The number of hydrogen-bond acceptors (Lipinski definition) is 5. The maximum Gasteiger partial charge on any atom is 0.261 e. The van der Waals surface area contributed by atoms with Crippen LogP contribution in [-0.2, 0) is 10.0 Å². The second-order valence-electron chi connectivity index (χ2n) is 4.42. The van der Waals surface area contributed by atoms with Crippen molar-refractivity contribution in [2.45, 2.75) is 4.90 Å². The zero-order valence-electron chi connectivity index (χ0n) is 11.1. The first-order valence-electron chi connectivity index (χ1n) is 6.21. The van der Waals surface area contributed by atoms with Crippen LogP contribution in [0.25, 0.3) is 10.4 Å². The summed E-state index contributed by atoms with van der Waals surface area (Å²) in [6.07, 6.45) is 1.64. The van der Waals surface area contributed by atoms with Gasteiger partial charge in [-0.25, -0.2) is 12.8 Å². The average Bonchev–Trinajstić information content (AvgIpc) is 3.02. The molecule has 112 valence electrons. The normalized spacial score (nSPS) is 11.3. The van der Waals surface area contributed by atoms with Gasteiger partial charge >= 0.3 is 0 Å². The van der Waals surface area contributed by atoms with Crippen LogP contribution >= 0.6 is 11.5 Å². The smallest absolute Gasteiger partial charge is 0.261 e. The van der Waals surface area contributed by atoms with E-state index in [2.05, 4.69) is 14.3 Å². The molecule has 1 N–H and O–H groups in total. The molecule has 3 aromatic rings. The number of halogens is 1. The Morgan fingerprint density at radius 1 is 1.00 bits per heavy atom. The van der Waals surface area contributed by atoms with Gasteiger partial charge in [0.2, 0.25) is 0 Å². The van der Waals surface area contributed by atoms with E-state index in [0.29, 0.717) is 5.69 Å². The summed E-state index contributed by atoms with van der Waals surface area (Å²) in [5, 5.41) is 3.75. The Balaban J connectivity index is 1.82. The van der Waals surface area contributed by atoms with Gasteiger partial charge in [-0.1, -0.05) is 16.6 Å². The summed E-state index contributed by atoms with van der Waals surface area (Å²) in [5.41, 5.74) is 1.32. The summed E-state index contributed by atoms with van der Waals surface area (Å²) >= 11 is 1.26. The van der Waals surface area contributed by atoms with Crippen LogP contribution in [0.2, 0.25) is 0 Å². The molecule has 22 heavy (non-hydrogen) atoms. The van der Waals surface area contributed by atoms with Crippen molar-refractivity contribution in [3.05, 3.63) is 60.5 Å². The number of sulfonamides is 1. The first kappa shape index (κ1) is 14.6. The summed E-state index contributed by atoms with van der Waals surface area (Å²) in [6, 6.07) is 11.5. The summed E-state index contributed by atoms with van der Waals surface area (Å²) in [5.74, 6) is -0.485. The van der Waals surface area contributed by atoms with E-state index in [1.54, 1.807) is 30.5 Å². The Labute approximate surface area is 130 Å². The second-order valence-corrected chi connectivity index (χ2v) is 6.89. The molecular formula is C14H10FN3O2S2. The third-order valence-electron chi connectivity index (χ3n) is 2.91. The first-order chi connectivity index (χ1) is 10.5. The average molecular weight is 335 g/mol. The molecule has 0 saturated carbocycles. The molecule has 0 aliphatic rings. The van der Waals surface area contributed by atoms with Crippen LogP contribution in [-0.4, -0.2) is 18.0 Å². The molecule has 2 aromatic carbocycles. The maximum atomic E-state index is 12.9. The Kier molecular flexibility index (Phi) is 3.86. The third kappa shape index (κ3) is 3.12. The topological polar surface area (TPSA) is 72.0 Å². The number of anilines is 1. The van der Waals surface area contributed by atoms with Crippen LogP contribution in [0.4, 0.5) is 10.1 Å². The molecule has 0 radical (unpaired) electrons. The van der Waals surface area contributed by atoms with Gasteiger partial charge in [-0.15, -0.1) is 5.10 Å². The molecule has 0 bridgehead atoms. The van der Waals surface area contributed by atoms with Gasteiger partial charge in [-0.3, -0.25) is 4.72 Å². The van der Waals surface area contributed by atoms with Gasteiger partial charge in [0.15, 0.2) is 0 Å². The van der Waals surface area contributed by atoms with Crippen LogP contribution in [0.3, 0.4) is 0 Å². The number of hydrogen-bond donors (Lipinski definition) is 1. The van der Waals surface area contributed by atoms with E-state index in [1.165, 1.54) is 23.7 Å². The van der Waals surface area contributed by atoms with Gasteiger partial charge < -0.3 is 0 Å². The monoisotopic (exact) mass is 335 g/mol. The van der Waals surface area contributed by atoms with Gasteiger partial charge in [0.1, 0.15) is 5.82 Å². The van der Waals surface area contributed by atoms with Crippen molar-refractivity contribution in [2.24, 2.45) is 0 Å². The van der Waals surface area contributed by atoms with Crippen molar-refractivity contribution in [1.29, 1.82) is 0 Å². The molecule has 5 nitrogen and oxygen atoms in total. The van der Waals surface area contributed by atoms with E-state index in [9.17, 15) is 12.8 Å².